The van der Waals surface area contributed by atoms with Crippen LogP contribution in [-0.2, 0) is 0 Å². The van der Waals surface area contributed by atoms with Gasteiger partial charge in [0.05, 0.1) is 0 Å². The van der Waals surface area contributed by atoms with E-state index in [1.165, 1.54) is 21.6 Å². The molecule has 3 heteroatoms. The monoisotopic (exact) mass is 368 g/mol. The van der Waals surface area contributed by atoms with E-state index in [1.807, 2.05) is 44.4 Å². The van der Waals surface area contributed by atoms with Gasteiger partial charge in [0.2, 0.25) is 0 Å². The van der Waals surface area contributed by atoms with Crippen LogP contribution in [0.4, 0.5) is 0 Å². The molecular formula is C23H32N2S. The van der Waals surface area contributed by atoms with Gasteiger partial charge in [0.1, 0.15) is 0 Å². The highest BCUT2D eigenvalue weighted by molar-refractivity contribution is 7.13. The molecule has 26 heavy (non-hydrogen) atoms. The zero-order valence-electron chi connectivity index (χ0n) is 16.7. The lowest BCUT2D eigenvalue weighted by atomic mass is 10.0. The Balaban J connectivity index is 0.000000313. The number of hydrogen-bond donors (Lipinski definition) is 1. The highest BCUT2D eigenvalue weighted by Crippen LogP contribution is 2.26. The van der Waals surface area contributed by atoms with Gasteiger partial charge >= 0.3 is 0 Å². The summed E-state index contributed by atoms with van der Waals surface area (Å²) in [7, 11) is 0. The van der Waals surface area contributed by atoms with Gasteiger partial charge in [0.15, 0.2) is 0 Å². The maximum Gasteiger partial charge on any atom is 0.0358 e. The summed E-state index contributed by atoms with van der Waals surface area (Å²) in [4.78, 5) is 5.64. The van der Waals surface area contributed by atoms with Crippen molar-refractivity contribution < 1.29 is 0 Å². The van der Waals surface area contributed by atoms with Crippen molar-refractivity contribution >= 4 is 11.3 Å². The summed E-state index contributed by atoms with van der Waals surface area (Å²) in [6.07, 6.45) is 4.99. The van der Waals surface area contributed by atoms with E-state index >= 15 is 0 Å². The van der Waals surface area contributed by atoms with Crippen molar-refractivity contribution in [1.82, 2.24) is 10.3 Å². The predicted molar refractivity (Wildman–Crippen MR) is 117 cm³/mol. The molecule has 0 radical (unpaired) electrons. The van der Waals surface area contributed by atoms with Gasteiger partial charge in [0, 0.05) is 28.9 Å². The van der Waals surface area contributed by atoms with E-state index in [1.54, 1.807) is 11.3 Å². The average molecular weight is 369 g/mol. The third kappa shape index (κ3) is 7.51. The van der Waals surface area contributed by atoms with Gasteiger partial charge in [-0.25, -0.2) is 0 Å². The molecule has 2 heterocycles. The molecule has 0 spiro atoms. The molecule has 0 bridgehead atoms. The molecule has 140 valence electrons. The smallest absolute Gasteiger partial charge is 0.0358 e. The topological polar surface area (TPSA) is 24.9 Å². The number of hydrogen-bond acceptors (Lipinski definition) is 3. The second-order valence-electron chi connectivity index (χ2n) is 5.66. The van der Waals surface area contributed by atoms with Gasteiger partial charge in [-0.1, -0.05) is 69.7 Å². The molecule has 1 aromatic carbocycles. The normalized spacial score (nSPS) is 10.8. The quantitative estimate of drug-likeness (QED) is 0.530. The number of aryl methyl sites for hydroxylation is 1. The number of benzene rings is 1. The van der Waals surface area contributed by atoms with E-state index < -0.39 is 0 Å². The summed E-state index contributed by atoms with van der Waals surface area (Å²) in [5.74, 6) is 0. The highest BCUT2D eigenvalue weighted by Gasteiger charge is 2.09. The third-order valence-electron chi connectivity index (χ3n) is 3.77. The van der Waals surface area contributed by atoms with Crippen LogP contribution in [0, 0.1) is 6.92 Å². The van der Waals surface area contributed by atoms with E-state index in [0.717, 1.165) is 13.0 Å². The number of rotatable bonds is 5. The summed E-state index contributed by atoms with van der Waals surface area (Å²) in [5.41, 5.74) is 3.82. The molecule has 1 atom stereocenters. The Bertz CT molecular complexity index is 693. The molecule has 3 aromatic rings. The molecule has 2 aromatic heterocycles. The molecule has 0 fully saturated rings. The first-order valence-electron chi connectivity index (χ1n) is 9.48. The van der Waals surface area contributed by atoms with E-state index in [0.29, 0.717) is 6.04 Å². The first-order chi connectivity index (χ1) is 12.7. The molecule has 0 saturated heterocycles. The number of thiophene rings is 1. The largest absolute Gasteiger partial charge is 0.310 e. The highest BCUT2D eigenvalue weighted by atomic mass is 32.1. The predicted octanol–water partition coefficient (Wildman–Crippen LogP) is 6.89. The molecule has 0 aliphatic heterocycles. The Morgan fingerprint density at radius 2 is 1.73 bits per heavy atom. The second-order valence-corrected chi connectivity index (χ2v) is 6.61. The SMILES string of the molecule is CC.CCNC(CC)c1cncc(-c2cccs2)c1.Cc1ccccc1. The summed E-state index contributed by atoms with van der Waals surface area (Å²) in [6.45, 7) is 11.4. The van der Waals surface area contributed by atoms with E-state index in [2.05, 4.69) is 66.8 Å². The lowest BCUT2D eigenvalue weighted by Crippen LogP contribution is -2.20. The van der Waals surface area contributed by atoms with Gasteiger partial charge in [-0.05, 0) is 43.0 Å². The summed E-state index contributed by atoms with van der Waals surface area (Å²) < 4.78 is 0. The Labute approximate surface area is 163 Å². The van der Waals surface area contributed by atoms with Crippen molar-refractivity contribution in [2.45, 2.75) is 47.1 Å². The van der Waals surface area contributed by atoms with Crippen molar-refractivity contribution in [3.05, 3.63) is 77.4 Å². The first kappa shape index (κ1) is 22.1. The molecule has 0 amide bonds. The van der Waals surface area contributed by atoms with Gasteiger partial charge in [0.25, 0.3) is 0 Å². The average Bonchev–Trinajstić information content (AvgIpc) is 3.24. The van der Waals surface area contributed by atoms with Gasteiger partial charge in [-0.2, -0.15) is 0 Å². The fourth-order valence-corrected chi connectivity index (χ4v) is 3.21. The van der Waals surface area contributed by atoms with Crippen LogP contribution in [0.5, 0.6) is 0 Å². The lowest BCUT2D eigenvalue weighted by molar-refractivity contribution is 0.536. The van der Waals surface area contributed by atoms with Crippen LogP contribution < -0.4 is 5.32 Å². The Hall–Kier alpha value is -1.97. The molecule has 1 unspecified atom stereocenters. The standard InChI is InChI=1S/C14H18N2S.C7H8.C2H6/c1-3-13(16-4-2)11-8-12(10-15-9-11)14-6-5-7-17-14;1-7-5-3-2-4-6-7;1-2/h5-10,13,16H,3-4H2,1-2H3;2-6H,1H3;1-2H3. The summed E-state index contributed by atoms with van der Waals surface area (Å²) in [5, 5.41) is 5.59. The molecule has 1 N–H and O–H groups in total. The van der Waals surface area contributed by atoms with Crippen LogP contribution >= 0.6 is 11.3 Å². The molecule has 0 aliphatic carbocycles. The molecule has 0 saturated carbocycles. The molecular weight excluding hydrogens is 336 g/mol. The van der Waals surface area contributed by atoms with E-state index in [9.17, 15) is 0 Å². The van der Waals surface area contributed by atoms with Crippen LogP contribution in [0.3, 0.4) is 0 Å². The third-order valence-corrected chi connectivity index (χ3v) is 4.69. The van der Waals surface area contributed by atoms with Crippen LogP contribution in [0.25, 0.3) is 10.4 Å². The summed E-state index contributed by atoms with van der Waals surface area (Å²) >= 11 is 1.76. The van der Waals surface area contributed by atoms with Crippen molar-refractivity contribution in [3.63, 3.8) is 0 Å². The maximum absolute atomic E-state index is 4.36. The van der Waals surface area contributed by atoms with Crippen molar-refractivity contribution in [2.24, 2.45) is 0 Å². The molecule has 0 aliphatic rings. The number of nitrogens with one attached hydrogen (secondary N) is 1. The van der Waals surface area contributed by atoms with Gasteiger partial charge in [-0.15, -0.1) is 11.3 Å². The minimum absolute atomic E-state index is 0.410. The van der Waals surface area contributed by atoms with Crippen molar-refractivity contribution in [3.8, 4) is 10.4 Å². The van der Waals surface area contributed by atoms with E-state index in [4.69, 9.17) is 0 Å². The van der Waals surface area contributed by atoms with Crippen LogP contribution in [0.2, 0.25) is 0 Å². The molecule has 3 rings (SSSR count). The van der Waals surface area contributed by atoms with Gasteiger partial charge < -0.3 is 5.32 Å². The zero-order valence-corrected chi connectivity index (χ0v) is 17.5. The van der Waals surface area contributed by atoms with Crippen LogP contribution in [0.1, 0.15) is 51.3 Å². The van der Waals surface area contributed by atoms with Crippen molar-refractivity contribution in [2.75, 3.05) is 6.54 Å². The number of aromatic nitrogens is 1. The number of nitrogens with zero attached hydrogens (tertiary/aromatic N) is 1. The van der Waals surface area contributed by atoms with Crippen LogP contribution in [0.15, 0.2) is 66.3 Å². The zero-order chi connectivity index (χ0) is 19.2. The first-order valence-corrected chi connectivity index (χ1v) is 10.4. The fraction of sp³-hybridized carbons (Fsp3) is 0.348. The lowest BCUT2D eigenvalue weighted by Gasteiger charge is -2.16. The maximum atomic E-state index is 4.36. The minimum Gasteiger partial charge on any atom is -0.310 e. The summed E-state index contributed by atoms with van der Waals surface area (Å²) in [6, 6.07) is 17.1. The second kappa shape index (κ2) is 13.3. The van der Waals surface area contributed by atoms with Gasteiger partial charge in [-0.3, -0.25) is 4.98 Å². The molecule has 2 nitrogen and oxygen atoms in total. The Morgan fingerprint density at radius 1 is 1.00 bits per heavy atom. The van der Waals surface area contributed by atoms with Crippen LogP contribution in [-0.4, -0.2) is 11.5 Å². The van der Waals surface area contributed by atoms with Crippen molar-refractivity contribution in [1.29, 1.82) is 0 Å². The van der Waals surface area contributed by atoms with E-state index in [-0.39, 0.29) is 0 Å². The minimum atomic E-state index is 0.410. The fourth-order valence-electron chi connectivity index (χ4n) is 2.50. The Kier molecular flexibility index (Phi) is 11.3. The number of pyridine rings is 1. The Morgan fingerprint density at radius 3 is 2.23 bits per heavy atom.